The van der Waals surface area contributed by atoms with Crippen LogP contribution in [-0.2, 0) is 30.5 Å². The summed E-state index contributed by atoms with van der Waals surface area (Å²) in [7, 11) is 0. The number of ketones is 1. The fourth-order valence-electron chi connectivity index (χ4n) is 3.88. The highest BCUT2D eigenvalue weighted by Gasteiger charge is 2.27. The average Bonchev–Trinajstić information content (AvgIpc) is 3.06. The number of nitrogens with zero attached hydrogens (tertiary/aromatic N) is 2. The molecule has 35 heavy (non-hydrogen) atoms. The molecule has 0 spiro atoms. The van der Waals surface area contributed by atoms with Gasteiger partial charge in [-0.05, 0) is 34.1 Å². The standard InChI is InChI=1S/C27H36N4O2.2ClH/c1-26(2,3)21-13-20(14-22(24(21)33)27(4,5)6)23(32)17-31-12-11-30(25(31)29)16-19-9-7-18(15-28)8-10-19;;/h7-14,29,33H,15-17,28H2,1-6H3;2*1H. The smallest absolute Gasteiger partial charge is 0.202 e. The maximum atomic E-state index is 13.3. The molecular weight excluding hydrogens is 483 g/mol. The van der Waals surface area contributed by atoms with Gasteiger partial charge in [-0.2, -0.15) is 0 Å². The Morgan fingerprint density at radius 1 is 0.886 bits per heavy atom. The number of rotatable bonds is 6. The lowest BCUT2D eigenvalue weighted by atomic mass is 9.78. The number of nitrogens with two attached hydrogens (primary N) is 1. The Morgan fingerprint density at radius 2 is 1.34 bits per heavy atom. The van der Waals surface area contributed by atoms with Crippen molar-refractivity contribution in [1.29, 1.82) is 5.41 Å². The summed E-state index contributed by atoms with van der Waals surface area (Å²) in [5, 5.41) is 19.5. The molecule has 3 aromatic rings. The first-order valence-corrected chi connectivity index (χ1v) is 11.3. The maximum Gasteiger partial charge on any atom is 0.202 e. The minimum absolute atomic E-state index is 0. The van der Waals surface area contributed by atoms with Gasteiger partial charge in [0.25, 0.3) is 0 Å². The Balaban J connectivity index is 0.00000306. The highest BCUT2D eigenvalue weighted by atomic mass is 35.5. The number of carbonyl (C=O) groups excluding carboxylic acids is 1. The van der Waals surface area contributed by atoms with Crippen molar-refractivity contribution in [3.05, 3.63) is 82.2 Å². The summed E-state index contributed by atoms with van der Waals surface area (Å²) in [5.74, 6) is 0.168. The maximum absolute atomic E-state index is 13.3. The first kappa shape index (κ1) is 30.5. The number of aromatic hydroxyl groups is 1. The van der Waals surface area contributed by atoms with E-state index in [-0.39, 0.29) is 59.3 Å². The van der Waals surface area contributed by atoms with Crippen LogP contribution >= 0.6 is 24.8 Å². The largest absolute Gasteiger partial charge is 0.507 e. The van der Waals surface area contributed by atoms with Crippen molar-refractivity contribution in [1.82, 2.24) is 9.13 Å². The first-order chi connectivity index (χ1) is 15.3. The summed E-state index contributed by atoms with van der Waals surface area (Å²) in [4.78, 5) is 13.3. The summed E-state index contributed by atoms with van der Waals surface area (Å²) in [6.07, 6.45) is 3.59. The van der Waals surface area contributed by atoms with Crippen LogP contribution in [0.1, 0.15) is 74.2 Å². The molecule has 0 fully saturated rings. The minimum atomic E-state index is -0.309. The van der Waals surface area contributed by atoms with Gasteiger partial charge in [0.15, 0.2) is 5.78 Å². The van der Waals surface area contributed by atoms with E-state index >= 15 is 0 Å². The molecule has 1 heterocycles. The SMILES string of the molecule is CC(C)(C)c1cc(C(=O)Cn2ccn(Cc3ccc(CN)cc3)c2=N)cc(C(C)(C)C)c1O.Cl.Cl. The van der Waals surface area contributed by atoms with Gasteiger partial charge >= 0.3 is 0 Å². The molecule has 6 nitrogen and oxygen atoms in total. The number of benzene rings is 2. The normalized spacial score (nSPS) is 11.5. The molecule has 0 unspecified atom stereocenters. The summed E-state index contributed by atoms with van der Waals surface area (Å²) in [5.41, 5.74) is 9.51. The van der Waals surface area contributed by atoms with Crippen LogP contribution < -0.4 is 11.4 Å². The second-order valence-electron chi connectivity index (χ2n) is 10.7. The molecule has 3 rings (SSSR count). The van der Waals surface area contributed by atoms with E-state index in [9.17, 15) is 9.90 Å². The van der Waals surface area contributed by atoms with Gasteiger partial charge in [0.1, 0.15) is 5.75 Å². The quantitative estimate of drug-likeness (QED) is 0.384. The second kappa shape index (κ2) is 11.5. The number of aromatic nitrogens is 2. The van der Waals surface area contributed by atoms with E-state index in [0.717, 1.165) is 22.3 Å². The number of phenolic OH excluding ortho intramolecular Hbond substituents is 1. The summed E-state index contributed by atoms with van der Waals surface area (Å²) >= 11 is 0. The van der Waals surface area contributed by atoms with Crippen molar-refractivity contribution < 1.29 is 9.90 Å². The van der Waals surface area contributed by atoms with Crippen LogP contribution in [0.5, 0.6) is 5.75 Å². The van der Waals surface area contributed by atoms with Gasteiger partial charge in [0.05, 0.1) is 13.1 Å². The van der Waals surface area contributed by atoms with E-state index in [2.05, 4.69) is 0 Å². The van der Waals surface area contributed by atoms with Crippen molar-refractivity contribution in [2.45, 2.75) is 72.0 Å². The van der Waals surface area contributed by atoms with E-state index in [1.165, 1.54) is 0 Å². The van der Waals surface area contributed by atoms with Crippen LogP contribution in [0.2, 0.25) is 0 Å². The number of imidazole rings is 1. The van der Waals surface area contributed by atoms with E-state index in [1.54, 1.807) is 22.9 Å². The molecule has 0 aliphatic heterocycles. The fourth-order valence-corrected chi connectivity index (χ4v) is 3.88. The zero-order valence-electron chi connectivity index (χ0n) is 21.4. The van der Waals surface area contributed by atoms with Crippen molar-refractivity contribution in [2.24, 2.45) is 5.73 Å². The highest BCUT2D eigenvalue weighted by Crippen LogP contribution is 2.39. The number of hydrogen-bond acceptors (Lipinski definition) is 4. The molecule has 0 radical (unpaired) electrons. The Bertz CT molecular complexity index is 1180. The number of carbonyl (C=O) groups is 1. The zero-order chi connectivity index (χ0) is 24.6. The van der Waals surface area contributed by atoms with E-state index in [0.29, 0.717) is 18.7 Å². The molecule has 0 atom stereocenters. The van der Waals surface area contributed by atoms with Gasteiger partial charge in [-0.1, -0.05) is 65.8 Å². The third kappa shape index (κ3) is 7.00. The number of Topliss-reactive ketones (excluding diaryl/α,β-unsaturated/α-hetero) is 1. The monoisotopic (exact) mass is 520 g/mol. The Hall–Kier alpha value is -2.54. The van der Waals surface area contributed by atoms with Gasteiger partial charge in [0.2, 0.25) is 5.62 Å². The fraction of sp³-hybridized carbons (Fsp3) is 0.407. The molecule has 2 aromatic carbocycles. The number of nitrogens with one attached hydrogen (secondary N) is 1. The number of halogens is 2. The van der Waals surface area contributed by atoms with Crippen molar-refractivity contribution in [3.8, 4) is 5.75 Å². The lowest BCUT2D eigenvalue weighted by Gasteiger charge is -2.28. The summed E-state index contributed by atoms with van der Waals surface area (Å²) in [6, 6.07) is 11.6. The molecule has 0 amide bonds. The lowest BCUT2D eigenvalue weighted by Crippen LogP contribution is -2.27. The Morgan fingerprint density at radius 3 is 1.80 bits per heavy atom. The third-order valence-corrected chi connectivity index (χ3v) is 5.94. The molecule has 0 bridgehead atoms. The predicted molar refractivity (Wildman–Crippen MR) is 146 cm³/mol. The van der Waals surface area contributed by atoms with Crippen LogP contribution in [0.15, 0.2) is 48.8 Å². The summed E-state index contributed by atoms with van der Waals surface area (Å²) < 4.78 is 3.46. The Labute approximate surface area is 220 Å². The lowest BCUT2D eigenvalue weighted by molar-refractivity contribution is 0.0970. The van der Waals surface area contributed by atoms with Crippen LogP contribution in [0.3, 0.4) is 0 Å². The van der Waals surface area contributed by atoms with Crippen molar-refractivity contribution >= 4 is 30.6 Å². The van der Waals surface area contributed by atoms with E-state index in [4.69, 9.17) is 11.1 Å². The van der Waals surface area contributed by atoms with E-state index < -0.39 is 0 Å². The van der Waals surface area contributed by atoms with Crippen molar-refractivity contribution in [2.75, 3.05) is 0 Å². The molecule has 0 saturated heterocycles. The zero-order valence-corrected chi connectivity index (χ0v) is 23.0. The minimum Gasteiger partial charge on any atom is -0.507 e. The average molecular weight is 522 g/mol. The second-order valence-corrected chi connectivity index (χ2v) is 10.7. The predicted octanol–water partition coefficient (Wildman–Crippen LogP) is 5.30. The highest BCUT2D eigenvalue weighted by molar-refractivity contribution is 5.96. The molecule has 0 saturated carbocycles. The van der Waals surface area contributed by atoms with Gasteiger partial charge in [0, 0.05) is 35.6 Å². The number of phenols is 1. The molecular formula is C27H38Cl2N4O2. The molecule has 1 aromatic heterocycles. The van der Waals surface area contributed by atoms with Crippen LogP contribution in [0.4, 0.5) is 0 Å². The molecule has 0 aliphatic carbocycles. The molecule has 8 heteroatoms. The third-order valence-electron chi connectivity index (χ3n) is 5.94. The summed E-state index contributed by atoms with van der Waals surface area (Å²) in [6.45, 7) is 13.3. The van der Waals surface area contributed by atoms with Crippen LogP contribution in [0.25, 0.3) is 0 Å². The van der Waals surface area contributed by atoms with Crippen molar-refractivity contribution in [3.63, 3.8) is 0 Å². The van der Waals surface area contributed by atoms with Crippen LogP contribution in [0, 0.1) is 5.41 Å². The van der Waals surface area contributed by atoms with Gasteiger partial charge in [-0.25, -0.2) is 0 Å². The van der Waals surface area contributed by atoms with Gasteiger partial charge in [-0.3, -0.25) is 10.2 Å². The molecule has 192 valence electrons. The molecule has 4 N–H and O–H groups in total. The first-order valence-electron chi connectivity index (χ1n) is 11.3. The van der Waals surface area contributed by atoms with Gasteiger partial charge < -0.3 is 20.0 Å². The molecule has 0 aliphatic rings. The topological polar surface area (TPSA) is 97.0 Å². The number of hydrogen-bond donors (Lipinski definition) is 3. The van der Waals surface area contributed by atoms with Crippen LogP contribution in [-0.4, -0.2) is 20.0 Å². The van der Waals surface area contributed by atoms with E-state index in [1.807, 2.05) is 76.6 Å². The van der Waals surface area contributed by atoms with Gasteiger partial charge in [-0.15, -0.1) is 24.8 Å². The Kier molecular flexibility index (Phi) is 9.99.